The smallest absolute Gasteiger partial charge is 0.338 e. The maximum atomic E-state index is 13.0. The fourth-order valence-corrected chi connectivity index (χ4v) is 2.21. The molecule has 2 aromatic carbocycles. The third-order valence-electron chi connectivity index (χ3n) is 3.28. The maximum Gasteiger partial charge on any atom is 0.338 e. The standard InChI is InChI=1S/C18H16ClFN2O4/c1-10(17(24)22-16-8-5-13(20)9-15(16)19)26-18(25)12-3-6-14(7-4-12)21-11(2)23/h3-10H,1-2H3,(H,21,23)(H,22,24). The van der Waals surface area contributed by atoms with E-state index in [-0.39, 0.29) is 22.2 Å². The first-order chi connectivity index (χ1) is 12.3. The summed E-state index contributed by atoms with van der Waals surface area (Å²) in [5, 5.41) is 5.07. The third kappa shape index (κ3) is 5.29. The van der Waals surface area contributed by atoms with Gasteiger partial charge in [0.15, 0.2) is 6.10 Å². The fourth-order valence-electron chi connectivity index (χ4n) is 2.00. The number of hydrogen-bond donors (Lipinski definition) is 2. The van der Waals surface area contributed by atoms with Crippen molar-refractivity contribution in [3.8, 4) is 0 Å². The molecular weight excluding hydrogens is 363 g/mol. The molecule has 0 aromatic heterocycles. The van der Waals surface area contributed by atoms with E-state index < -0.39 is 23.8 Å². The second kappa shape index (κ2) is 8.44. The van der Waals surface area contributed by atoms with Gasteiger partial charge in [0.25, 0.3) is 5.91 Å². The number of anilines is 2. The topological polar surface area (TPSA) is 84.5 Å². The van der Waals surface area contributed by atoms with Crippen molar-refractivity contribution >= 4 is 40.8 Å². The van der Waals surface area contributed by atoms with Crippen molar-refractivity contribution in [3.63, 3.8) is 0 Å². The molecule has 0 saturated carbocycles. The van der Waals surface area contributed by atoms with Gasteiger partial charge in [-0.3, -0.25) is 9.59 Å². The summed E-state index contributed by atoms with van der Waals surface area (Å²) in [6.45, 7) is 2.77. The van der Waals surface area contributed by atoms with Crippen LogP contribution in [0.25, 0.3) is 0 Å². The number of halogens is 2. The SMILES string of the molecule is CC(=O)Nc1ccc(C(=O)OC(C)C(=O)Nc2ccc(F)cc2Cl)cc1. The molecule has 0 aliphatic heterocycles. The van der Waals surface area contributed by atoms with E-state index in [0.29, 0.717) is 5.69 Å². The van der Waals surface area contributed by atoms with Gasteiger partial charge in [-0.15, -0.1) is 0 Å². The largest absolute Gasteiger partial charge is 0.449 e. The molecule has 0 aliphatic carbocycles. The minimum absolute atomic E-state index is 0.0328. The molecule has 2 N–H and O–H groups in total. The predicted octanol–water partition coefficient (Wildman–Crippen LogP) is 3.62. The van der Waals surface area contributed by atoms with Crippen LogP contribution in [0.5, 0.6) is 0 Å². The molecule has 0 heterocycles. The fraction of sp³-hybridized carbons (Fsp3) is 0.167. The van der Waals surface area contributed by atoms with Gasteiger partial charge in [-0.1, -0.05) is 11.6 Å². The number of carbonyl (C=O) groups excluding carboxylic acids is 3. The normalized spacial score (nSPS) is 11.4. The van der Waals surface area contributed by atoms with Crippen LogP contribution in [0.4, 0.5) is 15.8 Å². The molecule has 0 aliphatic rings. The van der Waals surface area contributed by atoms with Crippen LogP contribution in [0.15, 0.2) is 42.5 Å². The Hall–Kier alpha value is -2.93. The zero-order valence-corrected chi connectivity index (χ0v) is 14.8. The number of hydrogen-bond acceptors (Lipinski definition) is 4. The molecule has 0 radical (unpaired) electrons. The zero-order chi connectivity index (χ0) is 19.3. The minimum atomic E-state index is -1.10. The second-order valence-electron chi connectivity index (χ2n) is 5.42. The Bertz CT molecular complexity index is 840. The Morgan fingerprint density at radius 1 is 1.08 bits per heavy atom. The number of nitrogens with one attached hydrogen (secondary N) is 2. The molecule has 1 unspecified atom stereocenters. The summed E-state index contributed by atoms with van der Waals surface area (Å²) in [5.74, 6) is -2.07. The van der Waals surface area contributed by atoms with Gasteiger partial charge in [-0.05, 0) is 49.4 Å². The van der Waals surface area contributed by atoms with Crippen molar-refractivity contribution in [1.29, 1.82) is 0 Å². The zero-order valence-electron chi connectivity index (χ0n) is 14.0. The Kier molecular flexibility index (Phi) is 6.30. The lowest BCUT2D eigenvalue weighted by Gasteiger charge is -2.14. The minimum Gasteiger partial charge on any atom is -0.449 e. The molecule has 2 rings (SSSR count). The monoisotopic (exact) mass is 378 g/mol. The average molecular weight is 379 g/mol. The Morgan fingerprint density at radius 2 is 1.73 bits per heavy atom. The molecule has 0 fully saturated rings. The number of ether oxygens (including phenoxy) is 1. The highest BCUT2D eigenvalue weighted by Crippen LogP contribution is 2.22. The van der Waals surface area contributed by atoms with Gasteiger partial charge in [-0.25, -0.2) is 9.18 Å². The van der Waals surface area contributed by atoms with E-state index in [4.69, 9.17) is 16.3 Å². The van der Waals surface area contributed by atoms with Crippen molar-refractivity contribution in [1.82, 2.24) is 0 Å². The second-order valence-corrected chi connectivity index (χ2v) is 5.83. The summed E-state index contributed by atoms with van der Waals surface area (Å²) >= 11 is 5.84. The summed E-state index contributed by atoms with van der Waals surface area (Å²) in [6, 6.07) is 9.54. The molecule has 26 heavy (non-hydrogen) atoms. The molecule has 6 nitrogen and oxygen atoms in total. The molecule has 8 heteroatoms. The van der Waals surface area contributed by atoms with Crippen LogP contribution in [0.1, 0.15) is 24.2 Å². The van der Waals surface area contributed by atoms with Crippen LogP contribution < -0.4 is 10.6 Å². The highest BCUT2D eigenvalue weighted by Gasteiger charge is 2.20. The predicted molar refractivity (Wildman–Crippen MR) is 95.7 cm³/mol. The molecule has 2 aromatic rings. The van der Waals surface area contributed by atoms with E-state index in [0.717, 1.165) is 12.1 Å². The van der Waals surface area contributed by atoms with Gasteiger partial charge in [0.1, 0.15) is 5.82 Å². The molecule has 0 bridgehead atoms. The van der Waals surface area contributed by atoms with E-state index in [9.17, 15) is 18.8 Å². The maximum absolute atomic E-state index is 13.0. The van der Waals surface area contributed by atoms with Gasteiger partial charge in [0.05, 0.1) is 16.3 Å². The van der Waals surface area contributed by atoms with Crippen molar-refractivity contribution in [2.75, 3.05) is 10.6 Å². The summed E-state index contributed by atoms with van der Waals surface area (Å²) in [5.41, 5.74) is 0.963. The van der Waals surface area contributed by atoms with E-state index in [2.05, 4.69) is 10.6 Å². The molecule has 136 valence electrons. The molecule has 1 atom stereocenters. The summed E-state index contributed by atoms with van der Waals surface area (Å²) in [7, 11) is 0. The van der Waals surface area contributed by atoms with Crippen LogP contribution in [0.3, 0.4) is 0 Å². The van der Waals surface area contributed by atoms with Crippen LogP contribution >= 0.6 is 11.6 Å². The average Bonchev–Trinajstić information content (AvgIpc) is 2.57. The van der Waals surface area contributed by atoms with Gasteiger partial charge in [-0.2, -0.15) is 0 Å². The number of rotatable bonds is 5. The van der Waals surface area contributed by atoms with Crippen LogP contribution in [0.2, 0.25) is 5.02 Å². The quantitative estimate of drug-likeness (QED) is 0.778. The van der Waals surface area contributed by atoms with Crippen molar-refractivity contribution < 1.29 is 23.5 Å². The van der Waals surface area contributed by atoms with Crippen molar-refractivity contribution in [2.45, 2.75) is 20.0 Å². The number of amides is 2. The summed E-state index contributed by atoms with van der Waals surface area (Å²) in [4.78, 5) is 35.2. The summed E-state index contributed by atoms with van der Waals surface area (Å²) in [6.07, 6.45) is -1.10. The van der Waals surface area contributed by atoms with Crippen molar-refractivity contribution in [2.24, 2.45) is 0 Å². The first-order valence-electron chi connectivity index (χ1n) is 7.61. The first kappa shape index (κ1) is 19.4. The lowest BCUT2D eigenvalue weighted by Crippen LogP contribution is -2.30. The van der Waals surface area contributed by atoms with Gasteiger partial charge in [0.2, 0.25) is 5.91 Å². The van der Waals surface area contributed by atoms with Crippen LogP contribution in [-0.4, -0.2) is 23.9 Å². The Morgan fingerprint density at radius 3 is 2.31 bits per heavy atom. The highest BCUT2D eigenvalue weighted by atomic mass is 35.5. The molecule has 0 spiro atoms. The number of carbonyl (C=O) groups is 3. The van der Waals surface area contributed by atoms with Crippen LogP contribution in [0, 0.1) is 5.82 Å². The molecule has 0 saturated heterocycles. The van der Waals surface area contributed by atoms with Gasteiger partial charge >= 0.3 is 5.97 Å². The van der Waals surface area contributed by atoms with E-state index in [1.54, 1.807) is 12.1 Å². The van der Waals surface area contributed by atoms with Crippen molar-refractivity contribution in [3.05, 3.63) is 58.9 Å². The number of esters is 1. The third-order valence-corrected chi connectivity index (χ3v) is 3.60. The molecule has 2 amide bonds. The first-order valence-corrected chi connectivity index (χ1v) is 7.98. The lowest BCUT2D eigenvalue weighted by atomic mass is 10.2. The van der Waals surface area contributed by atoms with Gasteiger partial charge in [0, 0.05) is 12.6 Å². The van der Waals surface area contributed by atoms with E-state index >= 15 is 0 Å². The van der Waals surface area contributed by atoms with Crippen LogP contribution in [-0.2, 0) is 14.3 Å². The number of benzene rings is 2. The van der Waals surface area contributed by atoms with Gasteiger partial charge < -0.3 is 15.4 Å². The Balaban J connectivity index is 1.97. The molecular formula is C18H16ClFN2O4. The lowest BCUT2D eigenvalue weighted by molar-refractivity contribution is -0.123. The van der Waals surface area contributed by atoms with E-state index in [1.165, 1.54) is 32.0 Å². The Labute approximate surface area is 154 Å². The highest BCUT2D eigenvalue weighted by molar-refractivity contribution is 6.33. The summed E-state index contributed by atoms with van der Waals surface area (Å²) < 4.78 is 18.1. The van der Waals surface area contributed by atoms with E-state index in [1.807, 2.05) is 0 Å².